The van der Waals surface area contributed by atoms with Gasteiger partial charge in [-0.25, -0.2) is 4.57 Å². The monoisotopic (exact) mass is 508 g/mol. The van der Waals surface area contributed by atoms with Gasteiger partial charge in [0.1, 0.15) is 6.61 Å². The van der Waals surface area contributed by atoms with Gasteiger partial charge in [0.2, 0.25) is 0 Å². The summed E-state index contributed by atoms with van der Waals surface area (Å²) in [6.45, 7) is 5.80. The molecule has 0 saturated heterocycles. The molecule has 0 aliphatic carbocycles. The molecule has 0 aliphatic heterocycles. The van der Waals surface area contributed by atoms with Gasteiger partial charge in [0.15, 0.2) is 6.10 Å². The van der Waals surface area contributed by atoms with Crippen molar-refractivity contribution in [2.24, 2.45) is 5.92 Å². The number of esters is 2. The van der Waals surface area contributed by atoms with Crippen LogP contribution in [-0.4, -0.2) is 41.0 Å². The Morgan fingerprint density at radius 3 is 1.76 bits per heavy atom. The Balaban J connectivity index is 4.15. The van der Waals surface area contributed by atoms with Crippen molar-refractivity contribution in [1.29, 1.82) is 0 Å². The van der Waals surface area contributed by atoms with Crippen LogP contribution in [0.15, 0.2) is 0 Å². The molecule has 34 heavy (non-hydrogen) atoms. The summed E-state index contributed by atoms with van der Waals surface area (Å²) in [6, 6.07) is 0. The molecule has 0 aromatic rings. The number of hydrogen-bond acceptors (Lipinski definition) is 6. The first kappa shape index (κ1) is 33.0. The molecule has 0 fully saturated rings. The third-order valence-corrected chi connectivity index (χ3v) is 6.04. The fraction of sp³-hybridized carbons (Fsp3) is 0.920. The highest BCUT2D eigenvalue weighted by molar-refractivity contribution is 7.46. The van der Waals surface area contributed by atoms with Crippen LogP contribution in [0.2, 0.25) is 0 Å². The zero-order valence-electron chi connectivity index (χ0n) is 21.7. The van der Waals surface area contributed by atoms with Crippen molar-refractivity contribution < 1.29 is 37.9 Å². The summed E-state index contributed by atoms with van der Waals surface area (Å²) in [5.41, 5.74) is 0. The SMILES string of the molecule is CCCCCCCCCC(=O)OC[C@H](COP(=O)(O)O)OC(=O)CCCCCCCCC(C)C. The van der Waals surface area contributed by atoms with E-state index in [1.165, 1.54) is 44.9 Å². The van der Waals surface area contributed by atoms with E-state index in [-0.39, 0.29) is 19.4 Å². The van der Waals surface area contributed by atoms with E-state index in [9.17, 15) is 14.2 Å². The highest BCUT2D eigenvalue weighted by Gasteiger charge is 2.22. The second-order valence-corrected chi connectivity index (χ2v) is 10.7. The number of carbonyl (C=O) groups is 2. The lowest BCUT2D eigenvalue weighted by molar-refractivity contribution is -0.161. The Morgan fingerprint density at radius 1 is 0.735 bits per heavy atom. The summed E-state index contributed by atoms with van der Waals surface area (Å²) in [5.74, 6) is -0.164. The Hall–Kier alpha value is -0.950. The zero-order chi connectivity index (χ0) is 25.7. The van der Waals surface area contributed by atoms with Crippen molar-refractivity contribution in [3.8, 4) is 0 Å². The Bertz CT molecular complexity index is 561. The first-order valence-electron chi connectivity index (χ1n) is 13.2. The van der Waals surface area contributed by atoms with E-state index < -0.39 is 32.5 Å². The first-order valence-corrected chi connectivity index (χ1v) is 14.7. The van der Waals surface area contributed by atoms with Crippen LogP contribution in [0, 0.1) is 5.92 Å². The number of phosphoric ester groups is 1. The summed E-state index contributed by atoms with van der Waals surface area (Å²) in [7, 11) is -4.72. The third kappa shape index (κ3) is 24.2. The molecular formula is C25H49O8P. The molecule has 0 spiro atoms. The predicted molar refractivity (Wildman–Crippen MR) is 133 cm³/mol. The van der Waals surface area contributed by atoms with Crippen LogP contribution in [-0.2, 0) is 28.2 Å². The third-order valence-electron chi connectivity index (χ3n) is 5.55. The summed E-state index contributed by atoms with van der Waals surface area (Å²) in [4.78, 5) is 42.0. The normalized spacial score (nSPS) is 12.6. The van der Waals surface area contributed by atoms with Gasteiger partial charge in [-0.1, -0.05) is 97.8 Å². The Morgan fingerprint density at radius 2 is 1.24 bits per heavy atom. The molecule has 0 aromatic heterocycles. The van der Waals surface area contributed by atoms with Crippen molar-refractivity contribution in [2.75, 3.05) is 13.2 Å². The van der Waals surface area contributed by atoms with Gasteiger partial charge in [0.05, 0.1) is 6.61 Å². The minimum atomic E-state index is -4.72. The van der Waals surface area contributed by atoms with Gasteiger partial charge >= 0.3 is 19.8 Å². The van der Waals surface area contributed by atoms with Gasteiger partial charge in [-0.2, -0.15) is 0 Å². The van der Waals surface area contributed by atoms with Crippen molar-refractivity contribution in [1.82, 2.24) is 0 Å². The number of unbranched alkanes of at least 4 members (excludes halogenated alkanes) is 11. The number of hydrogen-bond donors (Lipinski definition) is 2. The second-order valence-electron chi connectivity index (χ2n) is 9.51. The maximum atomic E-state index is 12.1. The quantitative estimate of drug-likeness (QED) is 0.0916. The molecule has 2 N–H and O–H groups in total. The molecule has 9 heteroatoms. The van der Waals surface area contributed by atoms with Crippen LogP contribution in [0.5, 0.6) is 0 Å². The highest BCUT2D eigenvalue weighted by Crippen LogP contribution is 2.35. The van der Waals surface area contributed by atoms with E-state index in [4.69, 9.17) is 19.3 Å². The van der Waals surface area contributed by atoms with Crippen LogP contribution < -0.4 is 0 Å². The molecule has 0 saturated carbocycles. The van der Waals surface area contributed by atoms with Gasteiger partial charge in [-0.05, 0) is 18.8 Å². The molecule has 1 atom stereocenters. The first-order chi connectivity index (χ1) is 16.1. The lowest BCUT2D eigenvalue weighted by atomic mass is 10.0. The largest absolute Gasteiger partial charge is 0.469 e. The van der Waals surface area contributed by atoms with Crippen LogP contribution in [0.3, 0.4) is 0 Å². The highest BCUT2D eigenvalue weighted by atomic mass is 31.2. The Kier molecular flexibility index (Phi) is 20.7. The molecule has 202 valence electrons. The Labute approximate surface area is 206 Å². The van der Waals surface area contributed by atoms with E-state index in [1.54, 1.807) is 0 Å². The summed E-state index contributed by atoms with van der Waals surface area (Å²) in [6.07, 6.45) is 14.5. The lowest BCUT2D eigenvalue weighted by Crippen LogP contribution is -2.29. The van der Waals surface area contributed by atoms with Gasteiger partial charge in [0, 0.05) is 12.8 Å². The number of ether oxygens (including phenoxy) is 2. The molecule has 0 amide bonds. The van der Waals surface area contributed by atoms with E-state index in [0.717, 1.165) is 44.4 Å². The summed E-state index contributed by atoms with van der Waals surface area (Å²) >= 11 is 0. The van der Waals surface area contributed by atoms with Gasteiger partial charge in [-0.3, -0.25) is 14.1 Å². The zero-order valence-corrected chi connectivity index (χ0v) is 22.6. The van der Waals surface area contributed by atoms with Crippen LogP contribution >= 0.6 is 7.82 Å². The van der Waals surface area contributed by atoms with E-state index in [1.807, 2.05) is 0 Å². The average Bonchev–Trinajstić information content (AvgIpc) is 2.76. The van der Waals surface area contributed by atoms with Crippen LogP contribution in [0.1, 0.15) is 124 Å². The molecule has 0 unspecified atom stereocenters. The van der Waals surface area contributed by atoms with Crippen LogP contribution in [0.4, 0.5) is 0 Å². The molecular weight excluding hydrogens is 459 g/mol. The van der Waals surface area contributed by atoms with E-state index >= 15 is 0 Å². The molecule has 0 bridgehead atoms. The van der Waals surface area contributed by atoms with E-state index in [2.05, 4.69) is 25.3 Å². The maximum Gasteiger partial charge on any atom is 0.469 e. The second kappa shape index (κ2) is 21.3. The molecule has 0 aromatic carbocycles. The molecule has 0 aliphatic rings. The van der Waals surface area contributed by atoms with Gasteiger partial charge in [0.25, 0.3) is 0 Å². The predicted octanol–water partition coefficient (Wildman–Crippen LogP) is 6.47. The van der Waals surface area contributed by atoms with Crippen molar-refractivity contribution in [3.63, 3.8) is 0 Å². The fourth-order valence-electron chi connectivity index (χ4n) is 3.55. The summed E-state index contributed by atoms with van der Waals surface area (Å²) < 4.78 is 25.9. The average molecular weight is 509 g/mol. The minimum Gasteiger partial charge on any atom is -0.462 e. The minimum absolute atomic E-state index is 0.213. The standard InChI is InChI=1S/C25H49O8P/c1-4-5-6-7-8-12-15-18-24(26)31-20-23(21-32-34(28,29)30)33-25(27)19-16-13-10-9-11-14-17-22(2)3/h22-23H,4-21H2,1-3H3,(H2,28,29,30)/t23-/m1/s1. The number of rotatable bonds is 23. The lowest BCUT2D eigenvalue weighted by Gasteiger charge is -2.18. The molecule has 0 radical (unpaired) electrons. The van der Waals surface area contributed by atoms with Crippen molar-refractivity contribution >= 4 is 19.8 Å². The topological polar surface area (TPSA) is 119 Å². The summed E-state index contributed by atoms with van der Waals surface area (Å²) in [5, 5.41) is 0. The van der Waals surface area contributed by atoms with Crippen LogP contribution in [0.25, 0.3) is 0 Å². The van der Waals surface area contributed by atoms with Gasteiger partial charge in [-0.15, -0.1) is 0 Å². The smallest absolute Gasteiger partial charge is 0.462 e. The fourth-order valence-corrected chi connectivity index (χ4v) is 3.92. The van der Waals surface area contributed by atoms with E-state index in [0.29, 0.717) is 6.42 Å². The van der Waals surface area contributed by atoms with Gasteiger partial charge < -0.3 is 19.3 Å². The molecule has 0 rings (SSSR count). The molecule has 8 nitrogen and oxygen atoms in total. The van der Waals surface area contributed by atoms with Crippen molar-refractivity contribution in [3.05, 3.63) is 0 Å². The number of carbonyl (C=O) groups excluding carboxylic acids is 2. The molecule has 0 heterocycles. The maximum absolute atomic E-state index is 12.1. The number of phosphoric acid groups is 1. The van der Waals surface area contributed by atoms with Crippen molar-refractivity contribution in [2.45, 2.75) is 130 Å².